The summed E-state index contributed by atoms with van der Waals surface area (Å²) < 4.78 is 0. The quantitative estimate of drug-likeness (QED) is 0.698. The molecule has 6 atom stereocenters. The van der Waals surface area contributed by atoms with Crippen molar-refractivity contribution >= 4 is 0 Å². The molecule has 0 saturated heterocycles. The van der Waals surface area contributed by atoms with E-state index in [1.165, 1.54) is 51.4 Å². The number of rotatable bonds is 1. The third kappa shape index (κ3) is 1.65. The van der Waals surface area contributed by atoms with Crippen LogP contribution in [0, 0.1) is 29.1 Å². The van der Waals surface area contributed by atoms with E-state index in [4.69, 9.17) is 0 Å². The summed E-state index contributed by atoms with van der Waals surface area (Å²) in [4.78, 5) is 0. The Hall–Kier alpha value is -0.560. The number of aliphatic hydroxyl groups excluding tert-OH is 1. The fourth-order valence-electron chi connectivity index (χ4n) is 6.39. The van der Waals surface area contributed by atoms with Gasteiger partial charge < -0.3 is 5.11 Å². The lowest BCUT2D eigenvalue weighted by Crippen LogP contribution is -2.47. The van der Waals surface area contributed by atoms with E-state index in [-0.39, 0.29) is 11.5 Å². The van der Waals surface area contributed by atoms with Crippen molar-refractivity contribution in [3.8, 4) is 0 Å². The van der Waals surface area contributed by atoms with Crippen LogP contribution >= 0.6 is 0 Å². The van der Waals surface area contributed by atoms with Crippen molar-refractivity contribution in [1.29, 1.82) is 0 Å². The van der Waals surface area contributed by atoms with Crippen molar-refractivity contribution in [3.05, 3.63) is 24.3 Å². The van der Waals surface area contributed by atoms with Gasteiger partial charge in [0, 0.05) is 5.41 Å². The molecule has 110 valence electrons. The summed E-state index contributed by atoms with van der Waals surface area (Å²) in [6, 6.07) is 0. The molecule has 4 aliphatic rings. The zero-order valence-electron chi connectivity index (χ0n) is 12.6. The van der Waals surface area contributed by atoms with Gasteiger partial charge in [0.2, 0.25) is 0 Å². The molecule has 0 spiro atoms. The lowest BCUT2D eigenvalue weighted by Gasteiger charge is -2.53. The van der Waals surface area contributed by atoms with Crippen LogP contribution in [0.5, 0.6) is 0 Å². The van der Waals surface area contributed by atoms with Crippen LogP contribution in [0.3, 0.4) is 0 Å². The number of hydrogen-bond acceptors (Lipinski definition) is 1. The van der Waals surface area contributed by atoms with Crippen LogP contribution in [0.2, 0.25) is 0 Å². The predicted molar refractivity (Wildman–Crippen MR) is 82.2 cm³/mol. The van der Waals surface area contributed by atoms with Gasteiger partial charge in [-0.1, -0.05) is 17.7 Å². The Balaban J connectivity index is 1.65. The van der Waals surface area contributed by atoms with Gasteiger partial charge in [0.15, 0.2) is 0 Å². The zero-order valence-corrected chi connectivity index (χ0v) is 12.6. The van der Waals surface area contributed by atoms with Crippen molar-refractivity contribution in [2.75, 3.05) is 0 Å². The Morgan fingerprint density at radius 2 is 2.05 bits per heavy atom. The molecule has 1 heteroatoms. The minimum absolute atomic E-state index is 0.0665. The molecule has 0 aromatic carbocycles. The van der Waals surface area contributed by atoms with E-state index >= 15 is 0 Å². The maximum absolute atomic E-state index is 10.5. The van der Waals surface area contributed by atoms with Gasteiger partial charge in [0.1, 0.15) is 0 Å². The number of aliphatic hydroxyl groups is 1. The van der Waals surface area contributed by atoms with E-state index in [1.54, 1.807) is 5.57 Å². The summed E-state index contributed by atoms with van der Waals surface area (Å²) >= 11 is 0. The highest BCUT2D eigenvalue weighted by atomic mass is 16.3. The molecule has 0 aromatic heterocycles. The van der Waals surface area contributed by atoms with Gasteiger partial charge in [-0.05, 0) is 81.5 Å². The van der Waals surface area contributed by atoms with Gasteiger partial charge in [0.25, 0.3) is 0 Å². The van der Waals surface area contributed by atoms with Gasteiger partial charge >= 0.3 is 0 Å². The summed E-state index contributed by atoms with van der Waals surface area (Å²) in [6.07, 6.45) is 16.2. The molecule has 0 aromatic rings. The fourth-order valence-corrected chi connectivity index (χ4v) is 6.39. The average Bonchev–Trinajstić information content (AvgIpc) is 2.85. The largest absolute Gasteiger partial charge is 0.392 e. The average molecular weight is 272 g/mol. The highest BCUT2D eigenvalue weighted by Gasteiger charge is 2.56. The third-order valence-electron chi connectivity index (χ3n) is 7.30. The van der Waals surface area contributed by atoms with E-state index in [1.807, 2.05) is 0 Å². The monoisotopic (exact) mass is 272 g/mol. The maximum Gasteiger partial charge on any atom is 0.0633 e. The molecular weight excluding hydrogens is 244 g/mol. The van der Waals surface area contributed by atoms with Crippen molar-refractivity contribution in [2.45, 2.75) is 63.9 Å². The normalized spacial score (nSPS) is 50.6. The summed E-state index contributed by atoms with van der Waals surface area (Å²) in [5.74, 6) is 3.39. The maximum atomic E-state index is 10.5. The molecule has 0 heterocycles. The van der Waals surface area contributed by atoms with Gasteiger partial charge in [-0.2, -0.15) is 0 Å². The van der Waals surface area contributed by atoms with Crippen LogP contribution in [0.1, 0.15) is 57.8 Å². The van der Waals surface area contributed by atoms with Crippen molar-refractivity contribution < 1.29 is 5.11 Å². The van der Waals surface area contributed by atoms with Crippen molar-refractivity contribution in [1.82, 2.24) is 0 Å². The molecule has 1 N–H and O–H groups in total. The number of allylic oxidation sites excluding steroid dienone is 2. The summed E-state index contributed by atoms with van der Waals surface area (Å²) in [7, 11) is 0. The van der Waals surface area contributed by atoms with Crippen LogP contribution in [-0.2, 0) is 0 Å². The standard InChI is InChI=1S/C19H28O/c1-2-19-12-11-15-14-6-4-3-5-13(14)7-8-16(15)17(19)9-10-18(19)20/h2,5,14-18,20H,1,3-4,6-12H2/t14-,15+,16+,17-,18?,19-/m0/s1. The van der Waals surface area contributed by atoms with E-state index in [0.29, 0.717) is 0 Å². The van der Waals surface area contributed by atoms with Crippen molar-refractivity contribution in [2.24, 2.45) is 29.1 Å². The molecule has 3 saturated carbocycles. The molecule has 0 amide bonds. The Bertz CT molecular complexity index is 437. The van der Waals surface area contributed by atoms with E-state index in [2.05, 4.69) is 18.7 Å². The first-order valence-electron chi connectivity index (χ1n) is 8.77. The SMILES string of the molecule is C=C[C@]12CC[C@H]3[C@@H](CCC4=CCCC[C@@H]43)[C@@H]1CCC2O. The first-order chi connectivity index (χ1) is 9.76. The summed E-state index contributed by atoms with van der Waals surface area (Å²) in [5.41, 5.74) is 1.86. The Morgan fingerprint density at radius 3 is 2.90 bits per heavy atom. The lowest BCUT2D eigenvalue weighted by atomic mass is 9.52. The Morgan fingerprint density at radius 1 is 1.15 bits per heavy atom. The molecule has 1 unspecified atom stereocenters. The molecule has 4 aliphatic carbocycles. The van der Waals surface area contributed by atoms with Crippen LogP contribution in [0.25, 0.3) is 0 Å². The molecule has 1 nitrogen and oxygen atoms in total. The molecule has 0 aliphatic heterocycles. The van der Waals surface area contributed by atoms with E-state index < -0.39 is 0 Å². The van der Waals surface area contributed by atoms with Crippen LogP contribution < -0.4 is 0 Å². The van der Waals surface area contributed by atoms with Gasteiger partial charge in [-0.15, -0.1) is 6.58 Å². The van der Waals surface area contributed by atoms with Crippen LogP contribution in [0.15, 0.2) is 24.3 Å². The number of fused-ring (bicyclic) bond motifs is 5. The van der Waals surface area contributed by atoms with Gasteiger partial charge in [0.05, 0.1) is 6.10 Å². The highest BCUT2D eigenvalue weighted by molar-refractivity contribution is 5.20. The molecule has 0 radical (unpaired) electrons. The highest BCUT2D eigenvalue weighted by Crippen LogP contribution is 2.62. The minimum Gasteiger partial charge on any atom is -0.392 e. The second kappa shape index (κ2) is 4.73. The molecule has 20 heavy (non-hydrogen) atoms. The molecule has 4 rings (SSSR count). The summed E-state index contributed by atoms with van der Waals surface area (Å²) in [6.45, 7) is 4.12. The Labute approximate surface area is 123 Å². The lowest BCUT2D eigenvalue weighted by molar-refractivity contribution is -0.0346. The van der Waals surface area contributed by atoms with Gasteiger partial charge in [-0.3, -0.25) is 0 Å². The third-order valence-corrected chi connectivity index (χ3v) is 7.30. The first-order valence-corrected chi connectivity index (χ1v) is 8.77. The van der Waals surface area contributed by atoms with E-state index in [0.717, 1.165) is 30.1 Å². The zero-order chi connectivity index (χ0) is 13.7. The van der Waals surface area contributed by atoms with Crippen LogP contribution in [0.4, 0.5) is 0 Å². The van der Waals surface area contributed by atoms with Crippen LogP contribution in [-0.4, -0.2) is 11.2 Å². The topological polar surface area (TPSA) is 20.2 Å². The molecule has 3 fully saturated rings. The number of hydrogen-bond donors (Lipinski definition) is 1. The minimum atomic E-state index is -0.116. The second-order valence-corrected chi connectivity index (χ2v) is 7.74. The predicted octanol–water partition coefficient (Wildman–Crippen LogP) is 4.48. The second-order valence-electron chi connectivity index (χ2n) is 7.74. The summed E-state index contributed by atoms with van der Waals surface area (Å²) in [5, 5.41) is 10.5. The van der Waals surface area contributed by atoms with Crippen molar-refractivity contribution in [3.63, 3.8) is 0 Å². The smallest absolute Gasteiger partial charge is 0.0633 e. The first kappa shape index (κ1) is 13.1. The molecular formula is C19H28O. The van der Waals surface area contributed by atoms with E-state index in [9.17, 15) is 5.11 Å². The van der Waals surface area contributed by atoms with Gasteiger partial charge in [-0.25, -0.2) is 0 Å². The Kier molecular flexibility index (Phi) is 3.10. The molecule has 0 bridgehead atoms. The fraction of sp³-hybridized carbons (Fsp3) is 0.789.